The molecule has 0 saturated carbocycles. The summed E-state index contributed by atoms with van der Waals surface area (Å²) in [6, 6.07) is 12.1. The van der Waals surface area contributed by atoms with Crippen LogP contribution in [0.15, 0.2) is 48.7 Å². The van der Waals surface area contributed by atoms with Gasteiger partial charge in [0, 0.05) is 11.8 Å². The van der Waals surface area contributed by atoms with E-state index in [2.05, 4.69) is 9.72 Å². The quantitative estimate of drug-likeness (QED) is 0.793. The summed E-state index contributed by atoms with van der Waals surface area (Å²) in [5, 5.41) is 9.16. The number of aromatic nitrogens is 1. The highest BCUT2D eigenvalue weighted by Gasteiger charge is 2.23. The lowest BCUT2D eigenvalue weighted by Gasteiger charge is -2.09. The molecular weight excluding hydrogens is 278 g/mol. The van der Waals surface area contributed by atoms with Crippen LogP contribution in [0.5, 0.6) is 5.75 Å². The number of carbonyl (C=O) groups is 1. The van der Waals surface area contributed by atoms with Gasteiger partial charge in [0.05, 0.1) is 11.8 Å². The molecule has 1 aromatic heterocycles. The Labute approximate surface area is 119 Å². The number of nitriles is 1. The van der Waals surface area contributed by atoms with Crippen molar-refractivity contribution in [1.29, 1.82) is 5.26 Å². The van der Waals surface area contributed by atoms with Gasteiger partial charge in [-0.1, -0.05) is 18.2 Å². The van der Waals surface area contributed by atoms with Gasteiger partial charge in [-0.05, 0) is 24.3 Å². The molecular formula is C15H10F2N2O2. The second-order valence-electron chi connectivity index (χ2n) is 4.09. The maximum absolute atomic E-state index is 12.3. The van der Waals surface area contributed by atoms with Crippen molar-refractivity contribution < 1.29 is 18.3 Å². The second-order valence-corrected chi connectivity index (χ2v) is 4.09. The van der Waals surface area contributed by atoms with Gasteiger partial charge in [-0.3, -0.25) is 9.78 Å². The molecule has 0 bridgehead atoms. The molecule has 0 saturated heterocycles. The van der Waals surface area contributed by atoms with Crippen LogP contribution in [0, 0.1) is 11.3 Å². The van der Waals surface area contributed by atoms with E-state index in [4.69, 9.17) is 5.26 Å². The summed E-state index contributed by atoms with van der Waals surface area (Å²) >= 11 is 0. The number of rotatable bonds is 5. The van der Waals surface area contributed by atoms with Crippen LogP contribution in [0.25, 0.3) is 0 Å². The average molecular weight is 288 g/mol. The highest BCUT2D eigenvalue weighted by molar-refractivity contribution is 6.02. The second kappa shape index (κ2) is 6.57. The summed E-state index contributed by atoms with van der Waals surface area (Å²) in [4.78, 5) is 16.3. The van der Waals surface area contributed by atoms with Crippen LogP contribution in [0.4, 0.5) is 8.78 Å². The molecule has 2 rings (SSSR count). The number of Topliss-reactive ketones (excluding diaryl/α,β-unsaturated/α-hetero) is 1. The predicted molar refractivity (Wildman–Crippen MR) is 70.0 cm³/mol. The van der Waals surface area contributed by atoms with Crippen molar-refractivity contribution in [3.8, 4) is 11.8 Å². The predicted octanol–water partition coefficient (Wildman–Crippen LogP) is 3.17. The van der Waals surface area contributed by atoms with Gasteiger partial charge in [0.15, 0.2) is 11.7 Å². The summed E-state index contributed by atoms with van der Waals surface area (Å²) in [6.07, 6.45) is 1.48. The van der Waals surface area contributed by atoms with Crippen LogP contribution in [0.1, 0.15) is 22.0 Å². The van der Waals surface area contributed by atoms with E-state index in [-0.39, 0.29) is 11.3 Å². The standard InChI is InChI=1S/C15H10F2N2O2/c16-15(17)21-11-5-3-4-10(8-11)14(20)12(9-18)13-6-1-2-7-19-13/h1-8,12,15H. The molecule has 0 aliphatic carbocycles. The molecule has 21 heavy (non-hydrogen) atoms. The highest BCUT2D eigenvalue weighted by Crippen LogP contribution is 2.22. The number of halogens is 2. The third-order valence-electron chi connectivity index (χ3n) is 2.72. The normalized spacial score (nSPS) is 11.7. The van der Waals surface area contributed by atoms with Gasteiger partial charge in [-0.25, -0.2) is 0 Å². The SMILES string of the molecule is N#CC(C(=O)c1cccc(OC(F)F)c1)c1ccccn1. The first-order valence-corrected chi connectivity index (χ1v) is 6.01. The molecule has 1 heterocycles. The first-order chi connectivity index (χ1) is 10.1. The van der Waals surface area contributed by atoms with Crippen LogP contribution >= 0.6 is 0 Å². The molecule has 0 spiro atoms. The molecule has 4 nitrogen and oxygen atoms in total. The van der Waals surface area contributed by atoms with Crippen molar-refractivity contribution in [2.75, 3.05) is 0 Å². The van der Waals surface area contributed by atoms with Crippen molar-refractivity contribution >= 4 is 5.78 Å². The molecule has 0 amide bonds. The van der Waals surface area contributed by atoms with Crippen molar-refractivity contribution in [3.63, 3.8) is 0 Å². The van der Waals surface area contributed by atoms with Crippen molar-refractivity contribution in [3.05, 3.63) is 59.9 Å². The van der Waals surface area contributed by atoms with E-state index in [1.165, 1.54) is 30.5 Å². The zero-order valence-electron chi connectivity index (χ0n) is 10.7. The molecule has 1 atom stereocenters. The topological polar surface area (TPSA) is 63.0 Å². The van der Waals surface area contributed by atoms with Crippen molar-refractivity contribution in [2.24, 2.45) is 0 Å². The Morgan fingerprint density at radius 2 is 2.05 bits per heavy atom. The van der Waals surface area contributed by atoms with Gasteiger partial charge >= 0.3 is 6.61 Å². The molecule has 1 aromatic carbocycles. The van der Waals surface area contributed by atoms with E-state index in [1.54, 1.807) is 18.2 Å². The van der Waals surface area contributed by atoms with E-state index >= 15 is 0 Å². The smallest absolute Gasteiger partial charge is 0.387 e. The van der Waals surface area contributed by atoms with Gasteiger partial charge < -0.3 is 4.74 Å². The average Bonchev–Trinajstić information content (AvgIpc) is 2.48. The van der Waals surface area contributed by atoms with Gasteiger partial charge in [0.1, 0.15) is 5.75 Å². The van der Waals surface area contributed by atoms with Gasteiger partial charge in [0.25, 0.3) is 0 Å². The summed E-state index contributed by atoms with van der Waals surface area (Å²) in [7, 11) is 0. The number of carbonyl (C=O) groups excluding carboxylic acids is 1. The third kappa shape index (κ3) is 3.60. The lowest BCUT2D eigenvalue weighted by Crippen LogP contribution is -2.13. The summed E-state index contributed by atoms with van der Waals surface area (Å²) < 4.78 is 28.6. The van der Waals surface area contributed by atoms with Crippen LogP contribution in [0.2, 0.25) is 0 Å². The number of benzene rings is 1. The molecule has 1 unspecified atom stereocenters. The summed E-state index contributed by atoms with van der Waals surface area (Å²) in [5.41, 5.74) is 0.426. The number of ether oxygens (including phenoxy) is 1. The van der Waals surface area contributed by atoms with Crippen LogP contribution in [-0.4, -0.2) is 17.4 Å². The van der Waals surface area contributed by atoms with E-state index in [0.29, 0.717) is 5.69 Å². The molecule has 0 fully saturated rings. The minimum Gasteiger partial charge on any atom is -0.435 e. The van der Waals surface area contributed by atoms with Gasteiger partial charge in [-0.2, -0.15) is 14.0 Å². The number of hydrogen-bond acceptors (Lipinski definition) is 4. The molecule has 0 radical (unpaired) electrons. The Morgan fingerprint density at radius 1 is 1.24 bits per heavy atom. The Kier molecular flexibility index (Phi) is 4.57. The molecule has 106 valence electrons. The van der Waals surface area contributed by atoms with E-state index in [1.807, 2.05) is 6.07 Å². The fourth-order valence-corrected chi connectivity index (χ4v) is 1.80. The molecule has 0 N–H and O–H groups in total. The van der Waals surface area contributed by atoms with Crippen LogP contribution < -0.4 is 4.74 Å². The molecule has 2 aromatic rings. The third-order valence-corrected chi connectivity index (χ3v) is 2.72. The number of pyridine rings is 1. The Hall–Kier alpha value is -2.81. The summed E-state index contributed by atoms with van der Waals surface area (Å²) in [5.74, 6) is -1.74. The molecule has 6 heteroatoms. The zero-order valence-corrected chi connectivity index (χ0v) is 10.7. The van der Waals surface area contributed by atoms with Gasteiger partial charge in [0.2, 0.25) is 0 Å². The number of alkyl halides is 2. The van der Waals surface area contributed by atoms with Crippen molar-refractivity contribution in [1.82, 2.24) is 4.98 Å². The number of hydrogen-bond donors (Lipinski definition) is 0. The summed E-state index contributed by atoms with van der Waals surface area (Å²) in [6.45, 7) is -2.97. The molecule has 0 aliphatic heterocycles. The number of ketones is 1. The van der Waals surface area contributed by atoms with E-state index in [0.717, 1.165) is 0 Å². The Balaban J connectivity index is 2.29. The maximum atomic E-state index is 12.3. The molecule has 0 aliphatic rings. The first-order valence-electron chi connectivity index (χ1n) is 6.01. The number of nitrogens with zero attached hydrogens (tertiary/aromatic N) is 2. The highest BCUT2D eigenvalue weighted by atomic mass is 19.3. The lowest BCUT2D eigenvalue weighted by molar-refractivity contribution is -0.0498. The van der Waals surface area contributed by atoms with Crippen LogP contribution in [-0.2, 0) is 0 Å². The van der Waals surface area contributed by atoms with Crippen LogP contribution in [0.3, 0.4) is 0 Å². The minimum atomic E-state index is -2.97. The Bertz CT molecular complexity index is 669. The monoisotopic (exact) mass is 288 g/mol. The van der Waals surface area contributed by atoms with E-state index in [9.17, 15) is 13.6 Å². The minimum absolute atomic E-state index is 0.116. The maximum Gasteiger partial charge on any atom is 0.387 e. The van der Waals surface area contributed by atoms with E-state index < -0.39 is 18.3 Å². The Morgan fingerprint density at radius 3 is 2.67 bits per heavy atom. The fourth-order valence-electron chi connectivity index (χ4n) is 1.80. The largest absolute Gasteiger partial charge is 0.435 e. The zero-order chi connectivity index (χ0) is 15.2. The first kappa shape index (κ1) is 14.6. The van der Waals surface area contributed by atoms with Gasteiger partial charge in [-0.15, -0.1) is 0 Å². The fraction of sp³-hybridized carbons (Fsp3) is 0.133. The lowest BCUT2D eigenvalue weighted by atomic mass is 9.95. The van der Waals surface area contributed by atoms with Crippen molar-refractivity contribution in [2.45, 2.75) is 12.5 Å².